The zero-order chi connectivity index (χ0) is 17.3. The van der Waals surface area contributed by atoms with E-state index in [0.29, 0.717) is 16.5 Å². The monoisotopic (exact) mass is 346 g/mol. The standard InChI is InChI=1S/C19H27ClN4/c1-13(12-19(2,3)4)11-15-14-7-5-6-8-16(14)24(23-15)18-10-9-17(20)21-22-18/h9-10,13H,5-8,11-12H2,1-4H3. The molecule has 0 saturated carbocycles. The molecule has 2 aromatic heterocycles. The third-order valence-electron chi connectivity index (χ3n) is 4.60. The van der Waals surface area contributed by atoms with Crippen LogP contribution in [0.25, 0.3) is 5.82 Å². The number of hydrogen-bond donors (Lipinski definition) is 0. The van der Waals surface area contributed by atoms with Gasteiger partial charge in [-0.15, -0.1) is 10.2 Å². The summed E-state index contributed by atoms with van der Waals surface area (Å²) in [6.07, 6.45) is 6.92. The van der Waals surface area contributed by atoms with Crippen LogP contribution < -0.4 is 0 Å². The number of hydrogen-bond acceptors (Lipinski definition) is 3. The minimum Gasteiger partial charge on any atom is -0.217 e. The summed E-state index contributed by atoms with van der Waals surface area (Å²) in [5, 5.41) is 13.6. The average molecular weight is 347 g/mol. The van der Waals surface area contributed by atoms with Crippen LogP contribution >= 0.6 is 11.6 Å². The molecule has 1 unspecified atom stereocenters. The van der Waals surface area contributed by atoms with Gasteiger partial charge in [-0.3, -0.25) is 0 Å². The summed E-state index contributed by atoms with van der Waals surface area (Å²) in [6, 6.07) is 3.68. The van der Waals surface area contributed by atoms with Crippen molar-refractivity contribution in [3.05, 3.63) is 34.2 Å². The predicted octanol–water partition coefficient (Wildman–Crippen LogP) is 4.81. The SMILES string of the molecule is CC(Cc1nn(-c2ccc(Cl)nn2)c2c1CCCC2)CC(C)(C)C. The number of rotatable bonds is 4. The number of fused-ring (bicyclic) bond motifs is 1. The molecule has 1 atom stereocenters. The fraction of sp³-hybridized carbons (Fsp3) is 0.632. The summed E-state index contributed by atoms with van der Waals surface area (Å²) in [5.74, 6) is 1.39. The number of nitrogens with zero attached hydrogens (tertiary/aromatic N) is 4. The molecule has 1 aliphatic carbocycles. The van der Waals surface area contributed by atoms with E-state index < -0.39 is 0 Å². The van der Waals surface area contributed by atoms with Gasteiger partial charge in [0, 0.05) is 5.69 Å². The summed E-state index contributed by atoms with van der Waals surface area (Å²) >= 11 is 5.87. The van der Waals surface area contributed by atoms with E-state index in [0.717, 1.165) is 25.1 Å². The molecule has 130 valence electrons. The average Bonchev–Trinajstić information content (AvgIpc) is 2.85. The Morgan fingerprint density at radius 2 is 1.92 bits per heavy atom. The Labute approximate surface area is 149 Å². The Bertz CT molecular complexity index is 697. The first-order valence-electron chi connectivity index (χ1n) is 8.93. The molecule has 24 heavy (non-hydrogen) atoms. The summed E-state index contributed by atoms with van der Waals surface area (Å²) in [4.78, 5) is 0. The highest BCUT2D eigenvalue weighted by Crippen LogP contribution is 2.31. The van der Waals surface area contributed by atoms with Crippen LogP contribution in [-0.4, -0.2) is 20.0 Å². The quantitative estimate of drug-likeness (QED) is 0.797. The van der Waals surface area contributed by atoms with Gasteiger partial charge < -0.3 is 0 Å². The lowest BCUT2D eigenvalue weighted by Gasteiger charge is -2.23. The molecule has 5 heteroatoms. The number of halogens is 1. The molecular formula is C19H27ClN4. The molecule has 0 aromatic carbocycles. The van der Waals surface area contributed by atoms with E-state index in [1.807, 2.05) is 10.7 Å². The first-order valence-corrected chi connectivity index (χ1v) is 9.30. The molecule has 3 rings (SSSR count). The zero-order valence-electron chi connectivity index (χ0n) is 15.1. The van der Waals surface area contributed by atoms with E-state index in [1.54, 1.807) is 6.07 Å². The van der Waals surface area contributed by atoms with E-state index >= 15 is 0 Å². The Kier molecular flexibility index (Phi) is 4.95. The molecule has 0 saturated heterocycles. The normalized spacial score (nSPS) is 16.0. The molecule has 4 nitrogen and oxygen atoms in total. The Morgan fingerprint density at radius 3 is 2.58 bits per heavy atom. The van der Waals surface area contributed by atoms with Crippen LogP contribution in [0.15, 0.2) is 12.1 Å². The molecule has 1 aliphatic rings. The smallest absolute Gasteiger partial charge is 0.176 e. The molecule has 2 aromatic rings. The van der Waals surface area contributed by atoms with Crippen LogP contribution in [0.1, 0.15) is 63.9 Å². The van der Waals surface area contributed by atoms with Crippen molar-refractivity contribution in [2.24, 2.45) is 11.3 Å². The molecule has 0 aliphatic heterocycles. The van der Waals surface area contributed by atoms with E-state index in [1.165, 1.54) is 36.2 Å². The third-order valence-corrected chi connectivity index (χ3v) is 4.80. The first kappa shape index (κ1) is 17.4. The van der Waals surface area contributed by atoms with Crippen LogP contribution in [0, 0.1) is 11.3 Å². The molecule has 2 heterocycles. The fourth-order valence-corrected chi connectivity index (χ4v) is 4.00. The molecule has 0 radical (unpaired) electrons. The van der Waals surface area contributed by atoms with E-state index in [4.69, 9.17) is 16.7 Å². The van der Waals surface area contributed by atoms with Gasteiger partial charge in [-0.2, -0.15) is 5.10 Å². The highest BCUT2D eigenvalue weighted by Gasteiger charge is 2.24. The number of aromatic nitrogens is 4. The molecular weight excluding hydrogens is 320 g/mol. The summed E-state index contributed by atoms with van der Waals surface area (Å²) in [7, 11) is 0. The van der Waals surface area contributed by atoms with Gasteiger partial charge in [0.25, 0.3) is 0 Å². The summed E-state index contributed by atoms with van der Waals surface area (Å²) in [5.41, 5.74) is 4.36. The van der Waals surface area contributed by atoms with Crippen LogP contribution in [0.4, 0.5) is 0 Å². The van der Waals surface area contributed by atoms with Crippen molar-refractivity contribution < 1.29 is 0 Å². The molecule has 0 amide bonds. The van der Waals surface area contributed by atoms with Crippen molar-refractivity contribution in [2.75, 3.05) is 0 Å². The lowest BCUT2D eigenvalue weighted by Crippen LogP contribution is -2.14. The van der Waals surface area contributed by atoms with Crippen molar-refractivity contribution in [1.29, 1.82) is 0 Å². The van der Waals surface area contributed by atoms with Gasteiger partial charge in [0.1, 0.15) is 0 Å². The van der Waals surface area contributed by atoms with Gasteiger partial charge in [-0.25, -0.2) is 4.68 Å². The highest BCUT2D eigenvalue weighted by atomic mass is 35.5. The molecule has 0 bridgehead atoms. The Hall–Kier alpha value is -1.42. The summed E-state index contributed by atoms with van der Waals surface area (Å²) in [6.45, 7) is 9.25. The second kappa shape index (κ2) is 6.83. The first-order chi connectivity index (χ1) is 11.3. The molecule has 0 spiro atoms. The van der Waals surface area contributed by atoms with E-state index in [-0.39, 0.29) is 0 Å². The zero-order valence-corrected chi connectivity index (χ0v) is 15.9. The fourth-order valence-electron chi connectivity index (χ4n) is 3.90. The second-order valence-corrected chi connectivity index (χ2v) is 8.67. The van der Waals surface area contributed by atoms with Crippen LogP contribution in [-0.2, 0) is 19.3 Å². The lowest BCUT2D eigenvalue weighted by molar-refractivity contribution is 0.304. The van der Waals surface area contributed by atoms with Gasteiger partial charge in [0.2, 0.25) is 0 Å². The van der Waals surface area contributed by atoms with Crippen molar-refractivity contribution in [2.45, 2.75) is 66.2 Å². The van der Waals surface area contributed by atoms with Crippen LogP contribution in [0.2, 0.25) is 5.15 Å². The Balaban J connectivity index is 1.91. The minimum absolute atomic E-state index is 0.351. The minimum atomic E-state index is 0.351. The van der Waals surface area contributed by atoms with Crippen LogP contribution in [0.5, 0.6) is 0 Å². The topological polar surface area (TPSA) is 43.6 Å². The molecule has 0 N–H and O–H groups in total. The highest BCUT2D eigenvalue weighted by molar-refractivity contribution is 6.29. The van der Waals surface area contributed by atoms with E-state index in [2.05, 4.69) is 37.9 Å². The van der Waals surface area contributed by atoms with Crippen molar-refractivity contribution in [3.63, 3.8) is 0 Å². The van der Waals surface area contributed by atoms with Crippen molar-refractivity contribution >= 4 is 11.6 Å². The van der Waals surface area contributed by atoms with Crippen molar-refractivity contribution in [1.82, 2.24) is 20.0 Å². The largest absolute Gasteiger partial charge is 0.217 e. The maximum Gasteiger partial charge on any atom is 0.176 e. The van der Waals surface area contributed by atoms with Crippen LogP contribution in [0.3, 0.4) is 0 Å². The van der Waals surface area contributed by atoms with Crippen molar-refractivity contribution in [3.8, 4) is 5.82 Å². The maximum absolute atomic E-state index is 5.87. The van der Waals surface area contributed by atoms with Gasteiger partial charge in [-0.1, -0.05) is 39.3 Å². The Morgan fingerprint density at radius 1 is 1.17 bits per heavy atom. The second-order valence-electron chi connectivity index (χ2n) is 8.28. The van der Waals surface area contributed by atoms with Gasteiger partial charge in [-0.05, 0) is 67.6 Å². The third kappa shape index (κ3) is 3.97. The molecule has 0 fully saturated rings. The van der Waals surface area contributed by atoms with Gasteiger partial charge >= 0.3 is 0 Å². The van der Waals surface area contributed by atoms with E-state index in [9.17, 15) is 0 Å². The van der Waals surface area contributed by atoms with Gasteiger partial charge in [0.15, 0.2) is 11.0 Å². The predicted molar refractivity (Wildman–Crippen MR) is 97.7 cm³/mol. The maximum atomic E-state index is 5.87. The summed E-state index contributed by atoms with van der Waals surface area (Å²) < 4.78 is 2.00. The lowest BCUT2D eigenvalue weighted by atomic mass is 9.82. The van der Waals surface area contributed by atoms with Gasteiger partial charge in [0.05, 0.1) is 5.69 Å².